The van der Waals surface area contributed by atoms with Gasteiger partial charge in [-0.05, 0) is 37.3 Å². The van der Waals surface area contributed by atoms with Gasteiger partial charge in [-0.2, -0.15) is 0 Å². The molecular weight excluding hydrogens is 332 g/mol. The number of Topliss-reactive ketones (excluding diaryl/α,β-unsaturated/α-hetero) is 1. The first-order chi connectivity index (χ1) is 12.2. The fraction of sp³-hybridized carbons (Fsp3) is 0.600. The molecule has 0 bridgehead atoms. The molecule has 1 aliphatic heterocycles. The quantitative estimate of drug-likeness (QED) is 0.755. The van der Waals surface area contributed by atoms with E-state index in [1.54, 1.807) is 32.3 Å². The molecule has 0 saturated carbocycles. The van der Waals surface area contributed by atoms with E-state index >= 15 is 0 Å². The van der Waals surface area contributed by atoms with Crippen LogP contribution in [-0.2, 0) is 14.4 Å². The molecule has 2 heterocycles. The van der Waals surface area contributed by atoms with Crippen LogP contribution in [0.15, 0.2) is 24.5 Å². The van der Waals surface area contributed by atoms with E-state index in [2.05, 4.69) is 4.98 Å². The van der Waals surface area contributed by atoms with Crippen LogP contribution in [0.5, 0.6) is 0 Å². The summed E-state index contributed by atoms with van der Waals surface area (Å²) < 4.78 is 0. The zero-order chi connectivity index (χ0) is 19.5. The number of pyridine rings is 1. The molecule has 0 radical (unpaired) electrons. The highest BCUT2D eigenvalue weighted by atomic mass is 16.4. The molecule has 1 saturated heterocycles. The maximum absolute atomic E-state index is 13.0. The lowest BCUT2D eigenvalue weighted by Crippen LogP contribution is -2.59. The van der Waals surface area contributed by atoms with Gasteiger partial charge in [0.25, 0.3) is 5.91 Å². The van der Waals surface area contributed by atoms with Gasteiger partial charge < -0.3 is 10.0 Å². The molecule has 2 rings (SSSR count). The van der Waals surface area contributed by atoms with Crippen molar-refractivity contribution < 1.29 is 19.5 Å². The number of carbonyl (C=O) groups is 3. The van der Waals surface area contributed by atoms with Gasteiger partial charge >= 0.3 is 5.97 Å². The van der Waals surface area contributed by atoms with E-state index in [0.29, 0.717) is 25.7 Å². The summed E-state index contributed by atoms with van der Waals surface area (Å²) in [5.74, 6) is -2.67. The normalized spacial score (nSPS) is 21.5. The van der Waals surface area contributed by atoms with E-state index in [9.17, 15) is 19.5 Å². The minimum Gasteiger partial charge on any atom is -0.479 e. The largest absolute Gasteiger partial charge is 0.479 e. The van der Waals surface area contributed by atoms with E-state index < -0.39 is 34.5 Å². The van der Waals surface area contributed by atoms with Crippen molar-refractivity contribution in [2.75, 3.05) is 6.54 Å². The number of amides is 1. The second-order valence-electron chi connectivity index (χ2n) is 7.60. The number of likely N-dealkylation sites (tertiary alicyclic amines) is 1. The number of hydrogen-bond donors (Lipinski definition) is 1. The molecular formula is C20H28N2O4. The summed E-state index contributed by atoms with van der Waals surface area (Å²) in [6.07, 6.45) is 5.24. The number of aliphatic carboxylic acids is 1. The molecule has 1 N–H and O–H groups in total. The molecule has 0 aliphatic carbocycles. The lowest BCUT2D eigenvalue weighted by molar-refractivity contribution is -0.162. The summed E-state index contributed by atoms with van der Waals surface area (Å²) in [5.41, 5.74) is -1.44. The Morgan fingerprint density at radius 1 is 1.35 bits per heavy atom. The van der Waals surface area contributed by atoms with E-state index in [-0.39, 0.29) is 6.54 Å². The van der Waals surface area contributed by atoms with E-state index in [4.69, 9.17) is 0 Å². The highest BCUT2D eigenvalue weighted by Gasteiger charge is 2.56. The standard InChI is InChI=1S/C20H28N2O4/c1-5-15(14-9-7-11-21-13-14)20(18(25)26)10-8-12-22(20)17(24)16(23)19(3,4)6-2/h7,9,11,13,15H,5-6,8,10,12H2,1-4H3,(H,25,26). The van der Waals surface area contributed by atoms with Crippen LogP contribution < -0.4 is 0 Å². The van der Waals surface area contributed by atoms with Gasteiger partial charge in [-0.1, -0.05) is 33.8 Å². The smallest absolute Gasteiger partial charge is 0.330 e. The average Bonchev–Trinajstić information content (AvgIpc) is 3.08. The van der Waals surface area contributed by atoms with Crippen LogP contribution in [-0.4, -0.2) is 44.7 Å². The average molecular weight is 360 g/mol. The Morgan fingerprint density at radius 3 is 2.54 bits per heavy atom. The number of nitrogens with zero attached hydrogens (tertiary/aromatic N) is 2. The minimum absolute atomic E-state index is 0.285. The summed E-state index contributed by atoms with van der Waals surface area (Å²) >= 11 is 0. The van der Waals surface area contributed by atoms with Crippen molar-refractivity contribution in [3.8, 4) is 0 Å². The summed E-state index contributed by atoms with van der Waals surface area (Å²) in [4.78, 5) is 43.6. The molecule has 1 aromatic heterocycles. The van der Waals surface area contributed by atoms with E-state index in [0.717, 1.165) is 5.56 Å². The fourth-order valence-corrected chi connectivity index (χ4v) is 3.86. The Labute approximate surface area is 154 Å². The first kappa shape index (κ1) is 20.1. The molecule has 1 fully saturated rings. The molecule has 1 aromatic rings. The minimum atomic E-state index is -1.41. The van der Waals surface area contributed by atoms with Crippen molar-refractivity contribution in [3.63, 3.8) is 0 Å². The van der Waals surface area contributed by atoms with Crippen molar-refractivity contribution in [1.29, 1.82) is 0 Å². The third kappa shape index (κ3) is 3.24. The maximum atomic E-state index is 13.0. The van der Waals surface area contributed by atoms with Crippen LogP contribution in [0.4, 0.5) is 0 Å². The first-order valence-electron chi connectivity index (χ1n) is 9.22. The van der Waals surface area contributed by atoms with Crippen LogP contribution in [0.1, 0.15) is 64.9 Å². The molecule has 142 valence electrons. The molecule has 0 aromatic carbocycles. The van der Waals surface area contributed by atoms with Crippen molar-refractivity contribution in [2.45, 2.75) is 64.8 Å². The number of carbonyl (C=O) groups excluding carboxylic acids is 2. The summed E-state index contributed by atoms with van der Waals surface area (Å²) in [7, 11) is 0. The second kappa shape index (κ2) is 7.56. The highest BCUT2D eigenvalue weighted by molar-refractivity contribution is 6.38. The summed E-state index contributed by atoms with van der Waals surface area (Å²) in [6.45, 7) is 7.49. The zero-order valence-electron chi connectivity index (χ0n) is 16.0. The number of aromatic nitrogens is 1. The third-order valence-electron chi connectivity index (χ3n) is 5.80. The number of rotatable bonds is 7. The fourth-order valence-electron chi connectivity index (χ4n) is 3.86. The zero-order valence-corrected chi connectivity index (χ0v) is 16.0. The van der Waals surface area contributed by atoms with Crippen LogP contribution in [0.3, 0.4) is 0 Å². The first-order valence-corrected chi connectivity index (χ1v) is 9.22. The van der Waals surface area contributed by atoms with Gasteiger partial charge in [0.15, 0.2) is 0 Å². The summed E-state index contributed by atoms with van der Waals surface area (Å²) in [5, 5.41) is 10.2. The van der Waals surface area contributed by atoms with Crippen molar-refractivity contribution in [3.05, 3.63) is 30.1 Å². The molecule has 1 aliphatic rings. The highest BCUT2D eigenvalue weighted by Crippen LogP contribution is 2.44. The van der Waals surface area contributed by atoms with Gasteiger partial charge in [-0.3, -0.25) is 14.6 Å². The Balaban J connectivity index is 2.51. The maximum Gasteiger partial charge on any atom is 0.330 e. The van der Waals surface area contributed by atoms with Gasteiger partial charge in [-0.25, -0.2) is 4.79 Å². The van der Waals surface area contributed by atoms with Crippen LogP contribution in [0, 0.1) is 5.41 Å². The van der Waals surface area contributed by atoms with Crippen molar-refractivity contribution in [1.82, 2.24) is 9.88 Å². The van der Waals surface area contributed by atoms with E-state index in [1.807, 2.05) is 19.9 Å². The Morgan fingerprint density at radius 2 is 2.04 bits per heavy atom. The predicted molar refractivity (Wildman–Crippen MR) is 97.7 cm³/mol. The number of carboxylic acids is 1. The van der Waals surface area contributed by atoms with Gasteiger partial charge in [0.1, 0.15) is 5.54 Å². The van der Waals surface area contributed by atoms with Gasteiger partial charge in [-0.15, -0.1) is 0 Å². The SMILES string of the molecule is CCC(c1cccnc1)C1(C(=O)O)CCCN1C(=O)C(=O)C(C)(C)CC. The molecule has 1 amide bonds. The van der Waals surface area contributed by atoms with Crippen molar-refractivity contribution >= 4 is 17.7 Å². The third-order valence-corrected chi connectivity index (χ3v) is 5.80. The Kier molecular flexibility index (Phi) is 5.84. The van der Waals surface area contributed by atoms with Crippen LogP contribution in [0.25, 0.3) is 0 Å². The molecule has 2 atom stereocenters. The van der Waals surface area contributed by atoms with E-state index in [1.165, 1.54) is 4.90 Å². The molecule has 26 heavy (non-hydrogen) atoms. The Hall–Kier alpha value is -2.24. The van der Waals surface area contributed by atoms with Gasteiger partial charge in [0.2, 0.25) is 5.78 Å². The van der Waals surface area contributed by atoms with Crippen LogP contribution in [0.2, 0.25) is 0 Å². The molecule has 2 unspecified atom stereocenters. The molecule has 6 nitrogen and oxygen atoms in total. The number of ketones is 1. The molecule has 0 spiro atoms. The molecule has 6 heteroatoms. The van der Waals surface area contributed by atoms with Crippen LogP contribution >= 0.6 is 0 Å². The lowest BCUT2D eigenvalue weighted by atomic mass is 9.75. The summed E-state index contributed by atoms with van der Waals surface area (Å²) in [6, 6.07) is 3.60. The lowest BCUT2D eigenvalue weighted by Gasteiger charge is -2.41. The number of hydrogen-bond acceptors (Lipinski definition) is 4. The second-order valence-corrected chi connectivity index (χ2v) is 7.60. The van der Waals surface area contributed by atoms with Crippen molar-refractivity contribution in [2.24, 2.45) is 5.41 Å². The van der Waals surface area contributed by atoms with Gasteiger partial charge in [0, 0.05) is 30.3 Å². The predicted octanol–water partition coefficient (Wildman–Crippen LogP) is 3.03. The monoisotopic (exact) mass is 360 g/mol. The topological polar surface area (TPSA) is 87.6 Å². The number of carboxylic acid groups (broad SMARTS) is 1. The Bertz CT molecular complexity index is 686. The van der Waals surface area contributed by atoms with Gasteiger partial charge in [0.05, 0.1) is 0 Å².